The molecule has 0 N–H and O–H groups in total. The molecule has 0 unspecified atom stereocenters. The van der Waals surface area contributed by atoms with Crippen LogP contribution in [0.2, 0.25) is 0 Å². The molecule has 0 atom stereocenters. The first kappa shape index (κ1) is 37.5. The van der Waals surface area contributed by atoms with Crippen LogP contribution in [0.3, 0.4) is 0 Å². The molecule has 0 radical (unpaired) electrons. The summed E-state index contributed by atoms with van der Waals surface area (Å²) in [6.07, 6.45) is 19.8. The summed E-state index contributed by atoms with van der Waals surface area (Å²) in [5, 5.41) is 0. The van der Waals surface area contributed by atoms with E-state index in [2.05, 4.69) is 224 Å². The van der Waals surface area contributed by atoms with Gasteiger partial charge in [0, 0.05) is 0 Å². The molecule has 0 aliphatic rings. The van der Waals surface area contributed by atoms with Crippen LogP contribution in [0.25, 0.3) is 48.6 Å². The van der Waals surface area contributed by atoms with Gasteiger partial charge in [0.15, 0.2) is 0 Å². The summed E-state index contributed by atoms with van der Waals surface area (Å²) in [5.74, 6) is 0. The van der Waals surface area contributed by atoms with Gasteiger partial charge in [0.1, 0.15) is 0 Å². The average Bonchev–Trinajstić information content (AvgIpc) is 3.17. The first-order valence-corrected chi connectivity index (χ1v) is 18.5. The number of aryl methyl sites for hydroxylation is 6. The van der Waals surface area contributed by atoms with Crippen molar-refractivity contribution < 1.29 is 0 Å². The maximum atomic E-state index is 2.30. The zero-order valence-electron chi connectivity index (χ0n) is 31.7. The lowest BCUT2D eigenvalue weighted by atomic mass is 9.99. The summed E-state index contributed by atoms with van der Waals surface area (Å²) in [6, 6.07) is 47.4. The van der Waals surface area contributed by atoms with Crippen molar-refractivity contribution in [3.05, 3.63) is 211 Å². The minimum absolute atomic E-state index is 1.03. The van der Waals surface area contributed by atoms with E-state index in [4.69, 9.17) is 0 Å². The molecule has 0 bridgehead atoms. The minimum atomic E-state index is 1.03. The van der Waals surface area contributed by atoms with Crippen LogP contribution in [0.4, 0.5) is 0 Å². The quantitative estimate of drug-likeness (QED) is 0.127. The van der Waals surface area contributed by atoms with Crippen molar-refractivity contribution in [2.45, 2.75) is 54.4 Å². The highest BCUT2D eigenvalue weighted by molar-refractivity contribution is 5.77. The zero-order chi connectivity index (χ0) is 36.7. The SMILES string of the molecule is CCc1cc(C=Cc2ccccc2C)ccc1C=Cc1ccccc1C.CCc1cc(C=Cc2ccccc2C)ccc1C=Cc1ccccc1C. The first-order chi connectivity index (χ1) is 25.3. The van der Waals surface area contributed by atoms with Crippen molar-refractivity contribution >= 4 is 48.6 Å². The highest BCUT2D eigenvalue weighted by Gasteiger charge is 2.02. The molecule has 0 heteroatoms. The van der Waals surface area contributed by atoms with E-state index in [1.54, 1.807) is 0 Å². The number of hydrogen-bond donors (Lipinski definition) is 0. The Morgan fingerprint density at radius 1 is 0.308 bits per heavy atom. The van der Waals surface area contributed by atoms with Crippen molar-refractivity contribution in [2.75, 3.05) is 0 Å². The van der Waals surface area contributed by atoms with Gasteiger partial charge in [-0.25, -0.2) is 0 Å². The van der Waals surface area contributed by atoms with Crippen molar-refractivity contribution in [1.82, 2.24) is 0 Å². The highest BCUT2D eigenvalue weighted by Crippen LogP contribution is 2.22. The summed E-state index contributed by atoms with van der Waals surface area (Å²) >= 11 is 0. The second-order valence-electron chi connectivity index (χ2n) is 13.4. The van der Waals surface area contributed by atoms with Crippen LogP contribution >= 0.6 is 0 Å². The van der Waals surface area contributed by atoms with E-state index in [1.165, 1.54) is 77.9 Å². The molecule has 0 nitrogen and oxygen atoms in total. The molecule has 0 heterocycles. The molecule has 0 aromatic heterocycles. The lowest BCUT2D eigenvalue weighted by Crippen LogP contribution is -1.88. The molecule has 260 valence electrons. The predicted molar refractivity (Wildman–Crippen MR) is 232 cm³/mol. The molecule has 6 rings (SSSR count). The normalized spacial score (nSPS) is 11.5. The Balaban J connectivity index is 0.000000201. The molecule has 6 aromatic carbocycles. The summed E-state index contributed by atoms with van der Waals surface area (Å²) in [6.45, 7) is 13.0. The van der Waals surface area contributed by atoms with E-state index >= 15 is 0 Å². The average molecular weight is 677 g/mol. The lowest BCUT2D eigenvalue weighted by molar-refractivity contribution is 1.13. The van der Waals surface area contributed by atoms with Gasteiger partial charge in [0.25, 0.3) is 0 Å². The van der Waals surface area contributed by atoms with Crippen LogP contribution in [-0.4, -0.2) is 0 Å². The first-order valence-electron chi connectivity index (χ1n) is 18.5. The molecule has 0 saturated carbocycles. The van der Waals surface area contributed by atoms with Crippen molar-refractivity contribution in [3.8, 4) is 0 Å². The van der Waals surface area contributed by atoms with Gasteiger partial charge in [-0.1, -0.05) is 196 Å². The molecule has 0 amide bonds. The molecule has 0 fully saturated rings. The van der Waals surface area contributed by atoms with E-state index in [0.29, 0.717) is 0 Å². The molecule has 6 aromatic rings. The number of rotatable bonds is 10. The van der Waals surface area contributed by atoms with E-state index in [-0.39, 0.29) is 0 Å². The van der Waals surface area contributed by atoms with Crippen LogP contribution in [0.15, 0.2) is 133 Å². The molecule has 0 spiro atoms. The fraction of sp³-hybridized carbons (Fsp3) is 0.154. The fourth-order valence-electron chi connectivity index (χ4n) is 6.22. The second kappa shape index (κ2) is 19.0. The molecule has 0 aliphatic carbocycles. The maximum Gasteiger partial charge on any atom is -0.0224 e. The third kappa shape index (κ3) is 10.6. The van der Waals surface area contributed by atoms with Crippen molar-refractivity contribution in [1.29, 1.82) is 0 Å². The van der Waals surface area contributed by atoms with Gasteiger partial charge in [-0.2, -0.15) is 0 Å². The van der Waals surface area contributed by atoms with E-state index in [9.17, 15) is 0 Å². The molecular formula is C52H52. The summed E-state index contributed by atoms with van der Waals surface area (Å²) in [7, 11) is 0. The maximum absolute atomic E-state index is 2.30. The van der Waals surface area contributed by atoms with Gasteiger partial charge < -0.3 is 0 Å². The minimum Gasteiger partial charge on any atom is -0.0620 e. The Morgan fingerprint density at radius 2 is 0.577 bits per heavy atom. The second-order valence-corrected chi connectivity index (χ2v) is 13.4. The zero-order valence-corrected chi connectivity index (χ0v) is 31.7. The summed E-state index contributed by atoms with van der Waals surface area (Å²) in [4.78, 5) is 0. The van der Waals surface area contributed by atoms with Gasteiger partial charge in [-0.05, 0) is 118 Å². The Kier molecular flexibility index (Phi) is 13.7. The smallest absolute Gasteiger partial charge is 0.0224 e. The number of hydrogen-bond acceptors (Lipinski definition) is 0. The Morgan fingerprint density at radius 3 is 0.865 bits per heavy atom. The predicted octanol–water partition coefficient (Wildman–Crippen LogP) is 14.4. The van der Waals surface area contributed by atoms with Crippen LogP contribution in [0.5, 0.6) is 0 Å². The molecule has 0 aliphatic heterocycles. The van der Waals surface area contributed by atoms with Gasteiger partial charge >= 0.3 is 0 Å². The van der Waals surface area contributed by atoms with E-state index in [1.807, 2.05) is 0 Å². The van der Waals surface area contributed by atoms with Crippen LogP contribution in [0, 0.1) is 27.7 Å². The Bertz CT molecular complexity index is 2040. The van der Waals surface area contributed by atoms with Crippen molar-refractivity contribution in [2.24, 2.45) is 0 Å². The molecule has 52 heavy (non-hydrogen) atoms. The van der Waals surface area contributed by atoms with Crippen LogP contribution in [-0.2, 0) is 12.8 Å². The Hall–Kier alpha value is -5.72. The summed E-state index contributed by atoms with van der Waals surface area (Å²) < 4.78 is 0. The van der Waals surface area contributed by atoms with Crippen molar-refractivity contribution in [3.63, 3.8) is 0 Å². The highest BCUT2D eigenvalue weighted by atomic mass is 14.1. The van der Waals surface area contributed by atoms with Crippen LogP contribution < -0.4 is 0 Å². The standard InChI is InChI=1S/2C26H26/c2*1-4-23-19-22(13-15-24-11-7-5-9-20(24)2)14-16-26(23)18-17-25-12-8-6-10-21(25)3/h2*5-19H,4H2,1-3H3. The summed E-state index contributed by atoms with van der Waals surface area (Å²) in [5.41, 5.74) is 18.2. The largest absolute Gasteiger partial charge is 0.0620 e. The number of benzene rings is 6. The topological polar surface area (TPSA) is 0 Å². The van der Waals surface area contributed by atoms with E-state index < -0.39 is 0 Å². The molecule has 0 saturated heterocycles. The van der Waals surface area contributed by atoms with Gasteiger partial charge in [0.2, 0.25) is 0 Å². The third-order valence-corrected chi connectivity index (χ3v) is 9.65. The molecular weight excluding hydrogens is 625 g/mol. The van der Waals surface area contributed by atoms with Gasteiger partial charge in [0.05, 0.1) is 0 Å². The third-order valence-electron chi connectivity index (χ3n) is 9.65. The fourth-order valence-corrected chi connectivity index (χ4v) is 6.22. The van der Waals surface area contributed by atoms with E-state index in [0.717, 1.165) is 12.8 Å². The monoisotopic (exact) mass is 676 g/mol. The van der Waals surface area contributed by atoms with Gasteiger partial charge in [-0.3, -0.25) is 0 Å². The lowest BCUT2D eigenvalue weighted by Gasteiger charge is -2.06. The van der Waals surface area contributed by atoms with Crippen LogP contribution in [0.1, 0.15) is 91.7 Å². The Labute approximate surface area is 313 Å². The van der Waals surface area contributed by atoms with Gasteiger partial charge in [-0.15, -0.1) is 0 Å².